The zero-order valence-electron chi connectivity index (χ0n) is 14.0. The third-order valence-corrected chi connectivity index (χ3v) is 3.85. The van der Waals surface area contributed by atoms with Crippen molar-refractivity contribution in [3.05, 3.63) is 76.4 Å². The van der Waals surface area contributed by atoms with Crippen LogP contribution in [-0.4, -0.2) is 14.6 Å². The molecule has 0 amide bonds. The Morgan fingerprint density at radius 2 is 1.96 bits per heavy atom. The molecule has 2 N–H and O–H groups in total. The standard InChI is InChI=1S/C18H13F2N5O2/c1-10-9-21-17(22-13-8-11(19)6-7-12(13)20)23-16(10)24-25-14-4-2-3-5-15(14)27-18(25)26/h2-9H,1H3,(H2,21,22,23,24). The Kier molecular flexibility index (Phi) is 4.03. The Morgan fingerprint density at radius 3 is 2.81 bits per heavy atom. The van der Waals surface area contributed by atoms with Crippen LogP contribution in [0, 0.1) is 18.6 Å². The molecular weight excluding hydrogens is 356 g/mol. The number of aryl methyl sites for hydroxylation is 1. The van der Waals surface area contributed by atoms with Crippen molar-refractivity contribution in [2.45, 2.75) is 6.92 Å². The fourth-order valence-corrected chi connectivity index (χ4v) is 2.51. The number of fused-ring (bicyclic) bond motifs is 1. The molecule has 4 rings (SSSR count). The van der Waals surface area contributed by atoms with Crippen LogP contribution < -0.4 is 16.5 Å². The van der Waals surface area contributed by atoms with Crippen LogP contribution in [-0.2, 0) is 0 Å². The van der Waals surface area contributed by atoms with Crippen LogP contribution in [0.15, 0.2) is 57.9 Å². The predicted octanol–water partition coefficient (Wildman–Crippen LogP) is 3.59. The molecule has 9 heteroatoms. The number of hydrogen-bond donors (Lipinski definition) is 2. The normalized spacial score (nSPS) is 10.9. The molecule has 0 atom stereocenters. The van der Waals surface area contributed by atoms with E-state index in [1.165, 1.54) is 10.9 Å². The lowest BCUT2D eigenvalue weighted by atomic mass is 10.3. The van der Waals surface area contributed by atoms with Gasteiger partial charge in [0.25, 0.3) is 0 Å². The highest BCUT2D eigenvalue weighted by Gasteiger charge is 2.12. The maximum atomic E-state index is 13.8. The molecule has 0 saturated carbocycles. The summed E-state index contributed by atoms with van der Waals surface area (Å²) in [5.74, 6) is -1.51. The summed E-state index contributed by atoms with van der Waals surface area (Å²) in [6, 6.07) is 9.91. The summed E-state index contributed by atoms with van der Waals surface area (Å²) in [5, 5.41) is 2.62. The molecule has 7 nitrogen and oxygen atoms in total. The Bertz CT molecular complexity index is 1200. The largest absolute Gasteiger partial charge is 0.439 e. The average molecular weight is 369 g/mol. The zero-order chi connectivity index (χ0) is 19.0. The highest BCUT2D eigenvalue weighted by molar-refractivity contribution is 5.73. The summed E-state index contributed by atoms with van der Waals surface area (Å²) < 4.78 is 33.5. The van der Waals surface area contributed by atoms with E-state index in [-0.39, 0.29) is 11.6 Å². The number of benzene rings is 2. The number of nitrogens with zero attached hydrogens (tertiary/aromatic N) is 3. The minimum atomic E-state index is -0.646. The van der Waals surface area contributed by atoms with Gasteiger partial charge in [0, 0.05) is 17.8 Å². The van der Waals surface area contributed by atoms with E-state index in [9.17, 15) is 13.6 Å². The summed E-state index contributed by atoms with van der Waals surface area (Å²) in [6.07, 6.45) is 1.49. The van der Waals surface area contributed by atoms with Gasteiger partial charge in [-0.05, 0) is 31.2 Å². The molecule has 4 aromatic rings. The summed E-state index contributed by atoms with van der Waals surface area (Å²) in [7, 11) is 0. The van der Waals surface area contributed by atoms with E-state index in [1.807, 2.05) is 0 Å². The van der Waals surface area contributed by atoms with Gasteiger partial charge in [-0.2, -0.15) is 9.66 Å². The van der Waals surface area contributed by atoms with Crippen molar-refractivity contribution in [2.75, 3.05) is 10.7 Å². The first-order valence-electron chi connectivity index (χ1n) is 7.94. The van der Waals surface area contributed by atoms with Gasteiger partial charge in [-0.15, -0.1) is 0 Å². The lowest BCUT2D eigenvalue weighted by molar-refractivity contribution is 0.532. The van der Waals surface area contributed by atoms with Crippen LogP contribution in [0.3, 0.4) is 0 Å². The number of rotatable bonds is 4. The number of anilines is 3. The Hall–Kier alpha value is -3.75. The molecule has 0 spiro atoms. The second-order valence-corrected chi connectivity index (χ2v) is 5.76. The van der Waals surface area contributed by atoms with Crippen molar-refractivity contribution in [1.82, 2.24) is 14.6 Å². The van der Waals surface area contributed by atoms with Gasteiger partial charge < -0.3 is 9.73 Å². The fraction of sp³-hybridized carbons (Fsp3) is 0.0556. The molecule has 27 heavy (non-hydrogen) atoms. The highest BCUT2D eigenvalue weighted by atomic mass is 19.1. The van der Waals surface area contributed by atoms with Gasteiger partial charge in [0.05, 0.1) is 5.69 Å². The maximum absolute atomic E-state index is 13.8. The molecule has 0 bridgehead atoms. The summed E-state index contributed by atoms with van der Waals surface area (Å²) in [5.41, 5.74) is 4.35. The van der Waals surface area contributed by atoms with E-state index >= 15 is 0 Å². The van der Waals surface area contributed by atoms with Gasteiger partial charge in [-0.3, -0.25) is 5.43 Å². The average Bonchev–Trinajstić information content (AvgIpc) is 2.96. The lowest BCUT2D eigenvalue weighted by Crippen LogP contribution is -2.23. The van der Waals surface area contributed by atoms with Gasteiger partial charge in [-0.1, -0.05) is 12.1 Å². The van der Waals surface area contributed by atoms with E-state index in [1.54, 1.807) is 31.2 Å². The molecule has 2 aromatic heterocycles. The van der Waals surface area contributed by atoms with Crippen LogP contribution in [0.1, 0.15) is 5.56 Å². The Morgan fingerprint density at radius 1 is 1.15 bits per heavy atom. The first kappa shape index (κ1) is 16.7. The van der Waals surface area contributed by atoms with E-state index < -0.39 is 17.4 Å². The molecule has 2 heterocycles. The molecule has 0 aliphatic heterocycles. The SMILES string of the molecule is Cc1cnc(Nc2cc(F)ccc2F)nc1Nn1c(=O)oc2ccccc21. The van der Waals surface area contributed by atoms with Gasteiger partial charge in [0.1, 0.15) is 17.2 Å². The third kappa shape index (κ3) is 3.22. The highest BCUT2D eigenvalue weighted by Crippen LogP contribution is 2.21. The topological polar surface area (TPSA) is 85.0 Å². The third-order valence-electron chi connectivity index (χ3n) is 3.85. The van der Waals surface area contributed by atoms with E-state index in [4.69, 9.17) is 4.42 Å². The lowest BCUT2D eigenvalue weighted by Gasteiger charge is -2.11. The van der Waals surface area contributed by atoms with Crippen molar-refractivity contribution in [1.29, 1.82) is 0 Å². The molecular formula is C18H13F2N5O2. The molecule has 0 fully saturated rings. The van der Waals surface area contributed by atoms with E-state index in [2.05, 4.69) is 20.7 Å². The van der Waals surface area contributed by atoms with Gasteiger partial charge in [0.15, 0.2) is 11.4 Å². The van der Waals surface area contributed by atoms with Gasteiger partial charge in [-0.25, -0.2) is 18.6 Å². The van der Waals surface area contributed by atoms with Gasteiger partial charge in [0.2, 0.25) is 5.95 Å². The van der Waals surface area contributed by atoms with Crippen LogP contribution in [0.4, 0.5) is 26.2 Å². The molecule has 0 aliphatic rings. The Labute approximate surface area is 151 Å². The number of aromatic nitrogens is 3. The minimum absolute atomic E-state index is 0.0356. The number of nitrogens with one attached hydrogen (secondary N) is 2. The number of hydrogen-bond acceptors (Lipinski definition) is 6. The van der Waals surface area contributed by atoms with Crippen molar-refractivity contribution >= 4 is 28.6 Å². The first-order valence-corrected chi connectivity index (χ1v) is 7.94. The fourth-order valence-electron chi connectivity index (χ4n) is 2.51. The van der Waals surface area contributed by atoms with E-state index in [0.717, 1.165) is 18.2 Å². The molecule has 2 aromatic carbocycles. The second kappa shape index (κ2) is 6.52. The van der Waals surface area contributed by atoms with Gasteiger partial charge >= 0.3 is 5.76 Å². The Balaban J connectivity index is 1.69. The molecule has 0 radical (unpaired) electrons. The first-order chi connectivity index (χ1) is 13.0. The minimum Gasteiger partial charge on any atom is -0.406 e. The van der Waals surface area contributed by atoms with Crippen LogP contribution in [0.5, 0.6) is 0 Å². The van der Waals surface area contributed by atoms with Crippen LogP contribution in [0.25, 0.3) is 11.1 Å². The van der Waals surface area contributed by atoms with E-state index in [0.29, 0.717) is 22.5 Å². The monoisotopic (exact) mass is 369 g/mol. The molecule has 0 aliphatic carbocycles. The summed E-state index contributed by atoms with van der Waals surface area (Å²) >= 11 is 0. The predicted molar refractivity (Wildman–Crippen MR) is 95.9 cm³/mol. The number of halogens is 2. The summed E-state index contributed by atoms with van der Waals surface area (Å²) in [4.78, 5) is 20.4. The zero-order valence-corrected chi connectivity index (χ0v) is 14.0. The maximum Gasteiger partial charge on any atom is 0.439 e. The van der Waals surface area contributed by atoms with Crippen molar-refractivity contribution in [2.24, 2.45) is 0 Å². The smallest absolute Gasteiger partial charge is 0.406 e. The van der Waals surface area contributed by atoms with Crippen molar-refractivity contribution in [3.63, 3.8) is 0 Å². The molecule has 136 valence electrons. The van der Waals surface area contributed by atoms with Crippen molar-refractivity contribution < 1.29 is 13.2 Å². The second-order valence-electron chi connectivity index (χ2n) is 5.76. The summed E-state index contributed by atoms with van der Waals surface area (Å²) in [6.45, 7) is 1.74. The quantitative estimate of drug-likeness (QED) is 0.572. The number of para-hydroxylation sites is 2. The number of oxazole rings is 1. The molecule has 0 saturated heterocycles. The van der Waals surface area contributed by atoms with Crippen LogP contribution >= 0.6 is 0 Å². The van der Waals surface area contributed by atoms with Crippen molar-refractivity contribution in [3.8, 4) is 0 Å². The van der Waals surface area contributed by atoms with Crippen LogP contribution in [0.2, 0.25) is 0 Å². The molecule has 0 unspecified atom stereocenters.